The summed E-state index contributed by atoms with van der Waals surface area (Å²) < 4.78 is 5.92. The van der Waals surface area contributed by atoms with Gasteiger partial charge in [0.2, 0.25) is 5.88 Å². The number of aromatic nitrogens is 2. The van der Waals surface area contributed by atoms with Crippen molar-refractivity contribution in [2.75, 3.05) is 27.2 Å². The lowest BCUT2D eigenvalue weighted by atomic mass is 10.0. The molecule has 0 atom stereocenters. The second-order valence-corrected chi connectivity index (χ2v) is 6.04. The van der Waals surface area contributed by atoms with Gasteiger partial charge in [-0.05, 0) is 44.1 Å². The van der Waals surface area contributed by atoms with E-state index >= 15 is 0 Å². The molecular weight excluding hydrogens is 322 g/mol. The van der Waals surface area contributed by atoms with Crippen molar-refractivity contribution in [2.45, 2.75) is 12.8 Å². The molecule has 3 rings (SSSR count). The van der Waals surface area contributed by atoms with Crippen molar-refractivity contribution in [3.8, 4) is 5.88 Å². The summed E-state index contributed by atoms with van der Waals surface area (Å²) in [5.74, 6) is 0.713. The maximum Gasteiger partial charge on any atom is 0.240 e. The van der Waals surface area contributed by atoms with Gasteiger partial charge in [-0.2, -0.15) is 0 Å². The monoisotopic (exact) mass is 345 g/mol. The highest BCUT2D eigenvalue weighted by molar-refractivity contribution is 5.87. The van der Waals surface area contributed by atoms with Crippen LogP contribution in [0.1, 0.15) is 17.5 Å². The average molecular weight is 346 g/mol. The lowest BCUT2D eigenvalue weighted by molar-refractivity contribution is 0.275. The van der Waals surface area contributed by atoms with Gasteiger partial charge in [0.05, 0.1) is 17.5 Å². The third kappa shape index (κ3) is 4.49. The van der Waals surface area contributed by atoms with Gasteiger partial charge < -0.3 is 9.64 Å². The van der Waals surface area contributed by atoms with Gasteiger partial charge >= 0.3 is 0 Å². The number of nitrogens with one attached hydrogen (secondary N) is 1. The van der Waals surface area contributed by atoms with Crippen LogP contribution in [-0.4, -0.2) is 42.3 Å². The summed E-state index contributed by atoms with van der Waals surface area (Å²) in [5, 5.41) is 8.53. The lowest BCUT2D eigenvalue weighted by Crippen LogP contribution is -2.15. The summed E-state index contributed by atoms with van der Waals surface area (Å²) in [7, 11) is 4.14. The van der Waals surface area contributed by atoms with E-state index in [9.17, 15) is 0 Å². The van der Waals surface area contributed by atoms with Crippen molar-refractivity contribution in [3.05, 3.63) is 59.7 Å². The molecule has 1 aromatic heterocycles. The molecule has 0 spiro atoms. The zero-order valence-corrected chi connectivity index (χ0v) is 15.0. The largest absolute Gasteiger partial charge is 0.476 e. The molecule has 3 aromatic rings. The zero-order chi connectivity index (χ0) is 16.1. The van der Waals surface area contributed by atoms with E-state index in [0.717, 1.165) is 30.3 Å². The summed E-state index contributed by atoms with van der Waals surface area (Å²) in [5.41, 5.74) is 3.56. The summed E-state index contributed by atoms with van der Waals surface area (Å²) in [6.45, 7) is 1.69. The third-order valence-electron chi connectivity index (χ3n) is 3.87. The fourth-order valence-electron chi connectivity index (χ4n) is 2.73. The highest BCUT2D eigenvalue weighted by Crippen LogP contribution is 2.28. The first-order valence-corrected chi connectivity index (χ1v) is 8.01. The van der Waals surface area contributed by atoms with E-state index in [0.29, 0.717) is 12.5 Å². The van der Waals surface area contributed by atoms with Crippen LogP contribution in [0.25, 0.3) is 10.9 Å². The normalized spacial score (nSPS) is 10.8. The Morgan fingerprint density at radius 1 is 1.04 bits per heavy atom. The van der Waals surface area contributed by atoms with Crippen LogP contribution in [0.4, 0.5) is 0 Å². The van der Waals surface area contributed by atoms with Crippen LogP contribution >= 0.6 is 12.4 Å². The molecule has 0 amide bonds. The van der Waals surface area contributed by atoms with Crippen molar-refractivity contribution in [1.82, 2.24) is 15.1 Å². The van der Waals surface area contributed by atoms with E-state index in [-0.39, 0.29) is 12.4 Å². The van der Waals surface area contributed by atoms with Gasteiger partial charge in [-0.1, -0.05) is 42.5 Å². The Balaban J connectivity index is 0.00000208. The number of benzene rings is 2. The topological polar surface area (TPSA) is 41.1 Å². The molecule has 0 radical (unpaired) electrons. The van der Waals surface area contributed by atoms with Crippen LogP contribution < -0.4 is 4.74 Å². The Hall–Kier alpha value is -2.04. The maximum absolute atomic E-state index is 5.92. The molecule has 0 unspecified atom stereocenters. The number of halogens is 1. The van der Waals surface area contributed by atoms with Crippen LogP contribution in [-0.2, 0) is 6.42 Å². The first-order valence-electron chi connectivity index (χ1n) is 8.01. The van der Waals surface area contributed by atoms with E-state index < -0.39 is 0 Å². The van der Waals surface area contributed by atoms with Crippen LogP contribution in [0.5, 0.6) is 5.88 Å². The minimum Gasteiger partial charge on any atom is -0.476 e. The minimum atomic E-state index is 0. The Labute approximate surface area is 149 Å². The van der Waals surface area contributed by atoms with Crippen LogP contribution in [0.15, 0.2) is 48.5 Å². The zero-order valence-electron chi connectivity index (χ0n) is 14.2. The number of hydrogen-bond acceptors (Lipinski definition) is 3. The fraction of sp³-hybridized carbons (Fsp3) is 0.316. The van der Waals surface area contributed by atoms with Gasteiger partial charge in [-0.25, -0.2) is 0 Å². The van der Waals surface area contributed by atoms with E-state index in [2.05, 4.69) is 65.6 Å². The summed E-state index contributed by atoms with van der Waals surface area (Å²) in [6, 6.07) is 16.7. The fourth-order valence-corrected chi connectivity index (χ4v) is 2.73. The number of ether oxygens (including phenoxy) is 1. The predicted octanol–water partition coefficient (Wildman–Crippen LogP) is 3.91. The number of fused-ring (bicyclic) bond motifs is 1. The molecule has 128 valence electrons. The quantitative estimate of drug-likeness (QED) is 0.660. The first kappa shape index (κ1) is 18.3. The highest BCUT2D eigenvalue weighted by Gasteiger charge is 2.12. The van der Waals surface area contributed by atoms with E-state index in [4.69, 9.17) is 4.74 Å². The van der Waals surface area contributed by atoms with Crippen molar-refractivity contribution in [2.24, 2.45) is 0 Å². The smallest absolute Gasteiger partial charge is 0.240 e. The third-order valence-corrected chi connectivity index (χ3v) is 3.87. The van der Waals surface area contributed by atoms with Crippen molar-refractivity contribution >= 4 is 23.3 Å². The van der Waals surface area contributed by atoms with Gasteiger partial charge in [0, 0.05) is 6.54 Å². The predicted molar refractivity (Wildman–Crippen MR) is 101 cm³/mol. The van der Waals surface area contributed by atoms with Gasteiger partial charge in [-0.15, -0.1) is 17.5 Å². The maximum atomic E-state index is 5.92. The Morgan fingerprint density at radius 3 is 2.58 bits per heavy atom. The van der Waals surface area contributed by atoms with E-state index in [1.807, 2.05) is 12.1 Å². The van der Waals surface area contributed by atoms with Crippen LogP contribution in [0, 0.1) is 0 Å². The first-order chi connectivity index (χ1) is 11.2. The summed E-state index contributed by atoms with van der Waals surface area (Å²) in [6.07, 6.45) is 1.87. The minimum absolute atomic E-state index is 0. The Morgan fingerprint density at radius 2 is 1.83 bits per heavy atom. The Bertz CT molecular complexity index is 756. The lowest BCUT2D eigenvalue weighted by Gasteiger charge is -2.10. The van der Waals surface area contributed by atoms with E-state index in [1.54, 1.807) is 0 Å². The van der Waals surface area contributed by atoms with Gasteiger partial charge in [0.1, 0.15) is 0 Å². The number of aromatic amines is 1. The second-order valence-electron chi connectivity index (χ2n) is 6.04. The average Bonchev–Trinajstić information content (AvgIpc) is 2.97. The molecule has 0 saturated heterocycles. The van der Waals surface area contributed by atoms with Gasteiger partial charge in [-0.3, -0.25) is 5.10 Å². The van der Waals surface area contributed by atoms with Gasteiger partial charge in [0.25, 0.3) is 0 Å². The number of hydrogen-bond donors (Lipinski definition) is 1. The molecule has 1 N–H and O–H groups in total. The van der Waals surface area contributed by atoms with Crippen LogP contribution in [0.3, 0.4) is 0 Å². The SMILES string of the molecule is CN(C)CCCOc1n[nH]c2cccc(Cc3ccccc3)c12.Cl. The molecule has 0 aliphatic carbocycles. The number of rotatable bonds is 7. The molecule has 0 aliphatic heterocycles. The summed E-state index contributed by atoms with van der Waals surface area (Å²) in [4.78, 5) is 2.16. The summed E-state index contributed by atoms with van der Waals surface area (Å²) >= 11 is 0. The molecule has 1 heterocycles. The van der Waals surface area contributed by atoms with Gasteiger partial charge in [0.15, 0.2) is 0 Å². The molecule has 0 aliphatic rings. The van der Waals surface area contributed by atoms with Crippen molar-refractivity contribution in [3.63, 3.8) is 0 Å². The van der Waals surface area contributed by atoms with Crippen LogP contribution in [0.2, 0.25) is 0 Å². The molecule has 0 bridgehead atoms. The molecule has 4 nitrogen and oxygen atoms in total. The molecule has 2 aromatic carbocycles. The molecule has 0 saturated carbocycles. The molecule has 0 fully saturated rings. The van der Waals surface area contributed by atoms with Crippen molar-refractivity contribution < 1.29 is 4.74 Å². The van der Waals surface area contributed by atoms with E-state index in [1.165, 1.54) is 11.1 Å². The second kappa shape index (κ2) is 8.71. The highest BCUT2D eigenvalue weighted by atomic mass is 35.5. The molecular formula is C19H24ClN3O. The standard InChI is InChI=1S/C19H23N3O.ClH/c1-22(2)12-7-13-23-19-18-16(10-6-11-17(18)20-21-19)14-15-8-4-3-5-9-15;/h3-6,8-11H,7,12-14H2,1-2H3,(H,20,21);1H. The number of H-pyrrole nitrogens is 1. The Kier molecular flexibility index (Phi) is 6.64. The molecule has 24 heavy (non-hydrogen) atoms. The molecule has 5 heteroatoms. The van der Waals surface area contributed by atoms with Crippen molar-refractivity contribution in [1.29, 1.82) is 0 Å². The number of nitrogens with zero attached hydrogens (tertiary/aromatic N) is 2.